The van der Waals surface area contributed by atoms with E-state index in [1.165, 1.54) is 96.3 Å². The van der Waals surface area contributed by atoms with Crippen LogP contribution in [0.5, 0.6) is 0 Å². The van der Waals surface area contributed by atoms with Gasteiger partial charge >= 0.3 is 17.9 Å². The molecule has 60 heavy (non-hydrogen) atoms. The smallest absolute Gasteiger partial charge is 0.306 e. The lowest BCUT2D eigenvalue weighted by atomic mass is 10.1. The van der Waals surface area contributed by atoms with Gasteiger partial charge in [0.1, 0.15) is 13.2 Å². The third kappa shape index (κ3) is 46.2. The van der Waals surface area contributed by atoms with Gasteiger partial charge in [0.15, 0.2) is 6.10 Å². The first-order valence-electron chi connectivity index (χ1n) is 25.3. The molecule has 0 radical (unpaired) electrons. The summed E-state index contributed by atoms with van der Waals surface area (Å²) in [6, 6.07) is 0. The Hall–Kier alpha value is -2.89. The van der Waals surface area contributed by atoms with Crippen LogP contribution in [0.4, 0.5) is 0 Å². The fourth-order valence-electron chi connectivity index (χ4n) is 6.96. The number of esters is 3. The molecule has 0 spiro atoms. The van der Waals surface area contributed by atoms with Crippen molar-refractivity contribution in [1.29, 1.82) is 0 Å². The molecule has 0 aromatic rings. The van der Waals surface area contributed by atoms with E-state index in [4.69, 9.17) is 14.2 Å². The summed E-state index contributed by atoms with van der Waals surface area (Å²) >= 11 is 0. The minimum Gasteiger partial charge on any atom is -0.462 e. The van der Waals surface area contributed by atoms with Crippen molar-refractivity contribution in [2.45, 2.75) is 252 Å². The summed E-state index contributed by atoms with van der Waals surface area (Å²) in [5.74, 6) is -0.915. The van der Waals surface area contributed by atoms with E-state index >= 15 is 0 Å². The Balaban J connectivity index is 4.41. The van der Waals surface area contributed by atoms with E-state index in [1.54, 1.807) is 0 Å². The van der Waals surface area contributed by atoms with Gasteiger partial charge in [0, 0.05) is 19.3 Å². The van der Waals surface area contributed by atoms with Crippen molar-refractivity contribution in [3.8, 4) is 0 Å². The molecule has 0 aromatic carbocycles. The zero-order valence-electron chi connectivity index (χ0n) is 39.5. The third-order valence-corrected chi connectivity index (χ3v) is 10.8. The van der Waals surface area contributed by atoms with Crippen LogP contribution in [-0.4, -0.2) is 37.2 Å². The van der Waals surface area contributed by atoms with Crippen LogP contribution in [0.1, 0.15) is 245 Å². The Morgan fingerprint density at radius 1 is 0.350 bits per heavy atom. The summed E-state index contributed by atoms with van der Waals surface area (Å²) in [7, 11) is 0. The topological polar surface area (TPSA) is 78.9 Å². The number of carbonyl (C=O) groups excluding carboxylic acids is 3. The predicted octanol–water partition coefficient (Wildman–Crippen LogP) is 16.5. The average Bonchev–Trinajstić information content (AvgIpc) is 3.24. The summed E-state index contributed by atoms with van der Waals surface area (Å²) in [6.45, 7) is 6.48. The molecule has 0 rings (SSSR count). The van der Waals surface area contributed by atoms with E-state index in [1.807, 2.05) is 0 Å². The van der Waals surface area contributed by atoms with Gasteiger partial charge in [-0.25, -0.2) is 0 Å². The van der Waals surface area contributed by atoms with E-state index in [2.05, 4.69) is 81.5 Å². The van der Waals surface area contributed by atoms with Gasteiger partial charge in [0.25, 0.3) is 0 Å². The van der Waals surface area contributed by atoms with Gasteiger partial charge in [-0.1, -0.05) is 204 Å². The molecule has 0 aliphatic rings. The van der Waals surface area contributed by atoms with Crippen molar-refractivity contribution in [3.63, 3.8) is 0 Å². The highest BCUT2D eigenvalue weighted by Crippen LogP contribution is 2.14. The molecule has 1 atom stereocenters. The maximum Gasteiger partial charge on any atom is 0.306 e. The van der Waals surface area contributed by atoms with Crippen LogP contribution in [0.25, 0.3) is 0 Å². The second-order valence-corrected chi connectivity index (χ2v) is 16.7. The van der Waals surface area contributed by atoms with Crippen LogP contribution in [0.3, 0.4) is 0 Å². The van der Waals surface area contributed by atoms with E-state index in [0.29, 0.717) is 19.3 Å². The van der Waals surface area contributed by atoms with E-state index in [9.17, 15) is 14.4 Å². The monoisotopic (exact) mass is 839 g/mol. The fraction of sp³-hybridized carbons (Fsp3) is 0.759. The number of unbranched alkanes of at least 4 members (excludes halogenated alkanes) is 24. The lowest BCUT2D eigenvalue weighted by Gasteiger charge is -2.18. The lowest BCUT2D eigenvalue weighted by molar-refractivity contribution is -0.167. The highest BCUT2D eigenvalue weighted by molar-refractivity contribution is 5.71. The largest absolute Gasteiger partial charge is 0.462 e. The maximum atomic E-state index is 12.8. The van der Waals surface area contributed by atoms with Crippen LogP contribution in [0.2, 0.25) is 0 Å². The van der Waals surface area contributed by atoms with E-state index in [-0.39, 0.29) is 31.1 Å². The number of hydrogen-bond donors (Lipinski definition) is 0. The van der Waals surface area contributed by atoms with Gasteiger partial charge in [-0.2, -0.15) is 0 Å². The second kappa shape index (κ2) is 48.8. The van der Waals surface area contributed by atoms with Crippen LogP contribution in [0.15, 0.2) is 60.8 Å². The molecule has 0 heterocycles. The predicted molar refractivity (Wildman–Crippen MR) is 256 cm³/mol. The van der Waals surface area contributed by atoms with Crippen molar-refractivity contribution >= 4 is 17.9 Å². The molecule has 6 nitrogen and oxygen atoms in total. The summed E-state index contributed by atoms with van der Waals surface area (Å²) in [5, 5.41) is 0. The molecule has 346 valence electrons. The van der Waals surface area contributed by atoms with Crippen molar-refractivity contribution in [3.05, 3.63) is 60.8 Å². The zero-order chi connectivity index (χ0) is 43.7. The minimum atomic E-state index is -0.785. The van der Waals surface area contributed by atoms with E-state index < -0.39 is 6.10 Å². The Labute approximate surface area is 370 Å². The Morgan fingerprint density at radius 2 is 0.650 bits per heavy atom. The number of rotatable bonds is 45. The molecule has 6 heteroatoms. The fourth-order valence-corrected chi connectivity index (χ4v) is 6.96. The Kier molecular flexibility index (Phi) is 46.4. The first kappa shape index (κ1) is 57.1. The first-order chi connectivity index (χ1) is 29.5. The summed E-state index contributed by atoms with van der Waals surface area (Å²) < 4.78 is 16.8. The standard InChI is InChI=1S/C54H94O6/c1-4-7-10-13-16-19-22-24-26-27-28-30-32-35-38-41-44-47-53(56)59-50-51(49-58-52(55)46-43-40-37-34-31-21-18-15-12-9-6-3)60-54(57)48-45-42-39-36-33-29-25-23-20-17-14-11-8-5-2/h7,10,16,19,23-26,28,30,51H,4-6,8-9,11-15,17-18,20-22,27,29,31-50H2,1-3H3/b10-7-,19-16-,25-23-,26-24-,30-28-. The van der Waals surface area contributed by atoms with Crippen LogP contribution in [-0.2, 0) is 28.6 Å². The summed E-state index contributed by atoms with van der Waals surface area (Å²) in [6.07, 6.45) is 59.1. The Morgan fingerprint density at radius 3 is 1.03 bits per heavy atom. The van der Waals surface area contributed by atoms with Crippen molar-refractivity contribution in [1.82, 2.24) is 0 Å². The quantitative estimate of drug-likeness (QED) is 0.0263. The van der Waals surface area contributed by atoms with Gasteiger partial charge in [-0.15, -0.1) is 0 Å². The number of allylic oxidation sites excluding steroid dienone is 10. The van der Waals surface area contributed by atoms with Gasteiger partial charge in [0.2, 0.25) is 0 Å². The van der Waals surface area contributed by atoms with Crippen molar-refractivity contribution in [2.24, 2.45) is 0 Å². The van der Waals surface area contributed by atoms with Crippen molar-refractivity contribution in [2.75, 3.05) is 13.2 Å². The molecule has 1 unspecified atom stereocenters. The van der Waals surface area contributed by atoms with E-state index in [0.717, 1.165) is 109 Å². The van der Waals surface area contributed by atoms with Gasteiger partial charge in [-0.3, -0.25) is 14.4 Å². The number of ether oxygens (including phenoxy) is 3. The minimum absolute atomic E-state index is 0.0839. The summed E-state index contributed by atoms with van der Waals surface area (Å²) in [5.41, 5.74) is 0. The third-order valence-electron chi connectivity index (χ3n) is 10.8. The molecule has 0 fully saturated rings. The molecule has 0 aromatic heterocycles. The molecule has 0 saturated heterocycles. The average molecular weight is 839 g/mol. The molecular formula is C54H94O6. The molecule has 0 aliphatic heterocycles. The summed E-state index contributed by atoms with van der Waals surface area (Å²) in [4.78, 5) is 37.9. The number of carbonyl (C=O) groups is 3. The first-order valence-corrected chi connectivity index (χ1v) is 25.3. The highest BCUT2D eigenvalue weighted by Gasteiger charge is 2.19. The molecule has 0 amide bonds. The van der Waals surface area contributed by atoms with Gasteiger partial charge in [-0.05, 0) is 83.5 Å². The molecule has 0 aliphatic carbocycles. The molecule has 0 saturated carbocycles. The zero-order valence-corrected chi connectivity index (χ0v) is 39.5. The Bertz CT molecular complexity index is 1100. The second-order valence-electron chi connectivity index (χ2n) is 16.7. The van der Waals surface area contributed by atoms with Crippen LogP contribution >= 0.6 is 0 Å². The molecular weight excluding hydrogens is 745 g/mol. The van der Waals surface area contributed by atoms with Crippen molar-refractivity contribution < 1.29 is 28.6 Å². The molecule has 0 bridgehead atoms. The highest BCUT2D eigenvalue weighted by atomic mass is 16.6. The number of hydrogen-bond acceptors (Lipinski definition) is 6. The normalized spacial score (nSPS) is 12.5. The maximum absolute atomic E-state index is 12.8. The molecule has 0 N–H and O–H groups in total. The lowest BCUT2D eigenvalue weighted by Crippen LogP contribution is -2.30. The van der Waals surface area contributed by atoms with Crippen LogP contribution < -0.4 is 0 Å². The van der Waals surface area contributed by atoms with Gasteiger partial charge in [0.05, 0.1) is 0 Å². The van der Waals surface area contributed by atoms with Gasteiger partial charge < -0.3 is 14.2 Å². The van der Waals surface area contributed by atoms with Crippen LogP contribution in [0, 0.1) is 0 Å². The SMILES string of the molecule is CC/C=C\C/C=C\C/C=C\C/C=C\CCCCCCC(=O)OCC(COC(=O)CCCCCCCCCCCCC)OC(=O)CCCCCCC/C=C\CCCCCCC.